The zero-order valence-electron chi connectivity index (χ0n) is 15.3. The second-order valence-electron chi connectivity index (χ2n) is 8.27. The summed E-state index contributed by atoms with van der Waals surface area (Å²) in [5.41, 5.74) is 3.00. The number of hydrogen-bond acceptors (Lipinski definition) is 3. The van der Waals surface area contributed by atoms with E-state index in [-0.39, 0.29) is 27.9 Å². The van der Waals surface area contributed by atoms with Crippen molar-refractivity contribution in [1.29, 1.82) is 0 Å². The Labute approximate surface area is 144 Å². The number of benzene rings is 2. The quantitative estimate of drug-likeness (QED) is 0.748. The number of carbonyl (C=O) groups is 1. The van der Waals surface area contributed by atoms with Crippen molar-refractivity contribution in [2.24, 2.45) is 0 Å². The molecule has 0 bridgehead atoms. The van der Waals surface area contributed by atoms with Crippen LogP contribution in [0.4, 0.5) is 0 Å². The minimum absolute atomic E-state index is 0.0754. The molecule has 0 aliphatic carbocycles. The molecule has 3 heteroatoms. The van der Waals surface area contributed by atoms with E-state index in [0.29, 0.717) is 17.4 Å². The SMILES string of the molecule is CC(C)(C)c1ccc(O)c(-c2c(C(C)(C)C)ccc(O)c2C=O)c1. The number of rotatable bonds is 2. The Balaban J connectivity index is 2.90. The van der Waals surface area contributed by atoms with Gasteiger partial charge in [0.15, 0.2) is 6.29 Å². The first-order valence-corrected chi connectivity index (χ1v) is 8.12. The Morgan fingerprint density at radius 3 is 1.92 bits per heavy atom. The molecule has 0 amide bonds. The molecule has 2 N–H and O–H groups in total. The minimum Gasteiger partial charge on any atom is -0.507 e. The maximum Gasteiger partial charge on any atom is 0.154 e. The van der Waals surface area contributed by atoms with Crippen LogP contribution in [0.3, 0.4) is 0 Å². The van der Waals surface area contributed by atoms with Crippen LogP contribution in [0.25, 0.3) is 11.1 Å². The van der Waals surface area contributed by atoms with Crippen molar-refractivity contribution in [2.75, 3.05) is 0 Å². The van der Waals surface area contributed by atoms with Crippen LogP contribution in [0.1, 0.15) is 63.0 Å². The second-order valence-corrected chi connectivity index (χ2v) is 8.27. The largest absolute Gasteiger partial charge is 0.507 e. The lowest BCUT2D eigenvalue weighted by Gasteiger charge is -2.26. The van der Waals surface area contributed by atoms with Gasteiger partial charge in [0, 0.05) is 11.1 Å². The standard InChI is InChI=1S/C21H26O3/c1-20(2,3)13-7-9-17(23)14(11-13)19-15(12-22)18(24)10-8-16(19)21(4,5)6/h7-12,23-24H,1-6H3. The Bertz CT molecular complexity index is 775. The minimum atomic E-state index is -0.245. The molecule has 0 atom stereocenters. The van der Waals surface area contributed by atoms with Gasteiger partial charge in [-0.15, -0.1) is 0 Å². The summed E-state index contributed by atoms with van der Waals surface area (Å²) in [5, 5.41) is 20.6. The van der Waals surface area contributed by atoms with E-state index in [9.17, 15) is 15.0 Å². The van der Waals surface area contributed by atoms with Gasteiger partial charge in [-0.05, 0) is 40.2 Å². The highest BCUT2D eigenvalue weighted by Crippen LogP contribution is 2.43. The van der Waals surface area contributed by atoms with Gasteiger partial charge in [0.25, 0.3) is 0 Å². The van der Waals surface area contributed by atoms with Crippen LogP contribution in [-0.4, -0.2) is 16.5 Å². The fourth-order valence-electron chi connectivity index (χ4n) is 2.85. The summed E-state index contributed by atoms with van der Waals surface area (Å²) < 4.78 is 0. The predicted molar refractivity (Wildman–Crippen MR) is 98.0 cm³/mol. The van der Waals surface area contributed by atoms with Crippen molar-refractivity contribution in [3.05, 3.63) is 47.0 Å². The lowest BCUT2D eigenvalue weighted by Crippen LogP contribution is -2.15. The molecule has 0 saturated carbocycles. The van der Waals surface area contributed by atoms with Crippen LogP contribution in [0.15, 0.2) is 30.3 Å². The first-order valence-electron chi connectivity index (χ1n) is 8.12. The molecule has 0 unspecified atom stereocenters. The molecular weight excluding hydrogens is 300 g/mol. The van der Waals surface area contributed by atoms with E-state index in [1.54, 1.807) is 12.1 Å². The van der Waals surface area contributed by atoms with Gasteiger partial charge in [0.05, 0.1) is 5.56 Å². The summed E-state index contributed by atoms with van der Waals surface area (Å²) >= 11 is 0. The molecule has 2 aromatic rings. The van der Waals surface area contributed by atoms with E-state index in [2.05, 4.69) is 20.8 Å². The molecule has 128 valence electrons. The van der Waals surface area contributed by atoms with E-state index >= 15 is 0 Å². The molecule has 24 heavy (non-hydrogen) atoms. The van der Waals surface area contributed by atoms with Gasteiger partial charge in [-0.3, -0.25) is 4.79 Å². The third kappa shape index (κ3) is 3.30. The number of carbonyl (C=O) groups excluding carboxylic acids is 1. The highest BCUT2D eigenvalue weighted by molar-refractivity contribution is 5.94. The van der Waals surface area contributed by atoms with Crippen LogP contribution >= 0.6 is 0 Å². The first-order chi connectivity index (χ1) is 11.0. The van der Waals surface area contributed by atoms with Gasteiger partial charge in [-0.25, -0.2) is 0 Å². The molecular formula is C21H26O3. The van der Waals surface area contributed by atoms with Crippen molar-refractivity contribution < 1.29 is 15.0 Å². The number of phenolic OH excluding ortho intramolecular Hbond substituents is 2. The summed E-state index contributed by atoms with van der Waals surface area (Å²) in [6.07, 6.45) is 0.656. The monoisotopic (exact) mass is 326 g/mol. The Hall–Kier alpha value is -2.29. The summed E-state index contributed by atoms with van der Waals surface area (Å²) in [6, 6.07) is 8.81. The van der Waals surface area contributed by atoms with Gasteiger partial charge in [0.1, 0.15) is 11.5 Å². The normalized spacial score (nSPS) is 12.2. The van der Waals surface area contributed by atoms with Crippen LogP contribution in [0, 0.1) is 0 Å². The van der Waals surface area contributed by atoms with Crippen LogP contribution in [0.5, 0.6) is 11.5 Å². The molecule has 0 aromatic heterocycles. The van der Waals surface area contributed by atoms with Crippen molar-refractivity contribution in [3.8, 4) is 22.6 Å². The Morgan fingerprint density at radius 1 is 0.833 bits per heavy atom. The summed E-state index contributed by atoms with van der Waals surface area (Å²) in [4.78, 5) is 11.7. The maximum atomic E-state index is 11.7. The Kier molecular flexibility index (Phi) is 4.49. The lowest BCUT2D eigenvalue weighted by atomic mass is 9.78. The van der Waals surface area contributed by atoms with Gasteiger partial charge in [-0.1, -0.05) is 53.7 Å². The van der Waals surface area contributed by atoms with Crippen molar-refractivity contribution in [2.45, 2.75) is 52.4 Å². The predicted octanol–water partition coefficient (Wildman–Crippen LogP) is 5.17. The Morgan fingerprint density at radius 2 is 1.42 bits per heavy atom. The van der Waals surface area contributed by atoms with Gasteiger partial charge >= 0.3 is 0 Å². The molecule has 0 saturated heterocycles. The number of hydrogen-bond donors (Lipinski definition) is 2. The average Bonchev–Trinajstić information content (AvgIpc) is 2.44. The second kappa shape index (κ2) is 5.97. The van der Waals surface area contributed by atoms with E-state index < -0.39 is 0 Å². The van der Waals surface area contributed by atoms with Crippen LogP contribution < -0.4 is 0 Å². The molecule has 0 fully saturated rings. The van der Waals surface area contributed by atoms with Crippen molar-refractivity contribution in [3.63, 3.8) is 0 Å². The third-order valence-electron chi connectivity index (χ3n) is 4.28. The average molecular weight is 326 g/mol. The summed E-state index contributed by atoms with van der Waals surface area (Å²) in [6.45, 7) is 12.4. The van der Waals surface area contributed by atoms with Gasteiger partial charge in [-0.2, -0.15) is 0 Å². The van der Waals surface area contributed by atoms with E-state index in [0.717, 1.165) is 11.1 Å². The molecule has 0 spiro atoms. The summed E-state index contributed by atoms with van der Waals surface area (Å²) in [5.74, 6) is 0.0239. The molecule has 0 aliphatic rings. The highest BCUT2D eigenvalue weighted by atomic mass is 16.3. The van der Waals surface area contributed by atoms with E-state index in [1.807, 2.05) is 39.0 Å². The zero-order chi connectivity index (χ0) is 18.3. The molecule has 0 aliphatic heterocycles. The molecule has 3 nitrogen and oxygen atoms in total. The molecule has 2 rings (SSSR count). The third-order valence-corrected chi connectivity index (χ3v) is 4.28. The number of aldehydes is 1. The van der Waals surface area contributed by atoms with Gasteiger partial charge < -0.3 is 10.2 Å². The van der Waals surface area contributed by atoms with Crippen molar-refractivity contribution >= 4 is 6.29 Å². The van der Waals surface area contributed by atoms with Crippen LogP contribution in [-0.2, 0) is 10.8 Å². The van der Waals surface area contributed by atoms with E-state index in [1.165, 1.54) is 0 Å². The topological polar surface area (TPSA) is 57.5 Å². The molecule has 2 aromatic carbocycles. The molecule has 0 radical (unpaired) electrons. The first kappa shape index (κ1) is 18.1. The zero-order valence-corrected chi connectivity index (χ0v) is 15.3. The van der Waals surface area contributed by atoms with Crippen molar-refractivity contribution in [1.82, 2.24) is 0 Å². The summed E-state index contributed by atoms with van der Waals surface area (Å²) in [7, 11) is 0. The smallest absolute Gasteiger partial charge is 0.154 e. The maximum absolute atomic E-state index is 11.7. The van der Waals surface area contributed by atoms with Gasteiger partial charge in [0.2, 0.25) is 0 Å². The fourth-order valence-corrected chi connectivity index (χ4v) is 2.85. The fraction of sp³-hybridized carbons (Fsp3) is 0.381. The number of aromatic hydroxyl groups is 2. The van der Waals surface area contributed by atoms with Crippen LogP contribution in [0.2, 0.25) is 0 Å². The van der Waals surface area contributed by atoms with E-state index in [4.69, 9.17) is 0 Å². The lowest BCUT2D eigenvalue weighted by molar-refractivity contribution is 0.112. The molecule has 0 heterocycles. The number of phenols is 2. The highest BCUT2D eigenvalue weighted by Gasteiger charge is 2.26.